The number of unbranched alkanes of at least 4 members (excludes halogenated alkanes) is 4. The normalized spacial score (nSPS) is 16.2. The van der Waals surface area contributed by atoms with Crippen LogP contribution in [0.25, 0.3) is 0 Å². The second kappa shape index (κ2) is 13.1. The summed E-state index contributed by atoms with van der Waals surface area (Å²) in [5.74, 6) is -1.45. The summed E-state index contributed by atoms with van der Waals surface area (Å²) in [5.41, 5.74) is -1.16. The Kier molecular flexibility index (Phi) is 10.5. The Morgan fingerprint density at radius 2 is 1.68 bits per heavy atom. The zero-order chi connectivity index (χ0) is 22.5. The van der Waals surface area contributed by atoms with Crippen LogP contribution in [-0.4, -0.2) is 36.1 Å². The largest absolute Gasteiger partial charge is 0.461 e. The van der Waals surface area contributed by atoms with Gasteiger partial charge < -0.3 is 14.8 Å². The van der Waals surface area contributed by atoms with Gasteiger partial charge in [-0.25, -0.2) is 4.79 Å². The van der Waals surface area contributed by atoms with Gasteiger partial charge in [-0.1, -0.05) is 70.1 Å². The van der Waals surface area contributed by atoms with Gasteiger partial charge in [0.15, 0.2) is 0 Å². The molecular formula is C25H37NO5. The third-order valence-electron chi connectivity index (χ3n) is 5.84. The molecule has 6 heteroatoms. The predicted octanol–water partition coefficient (Wildman–Crippen LogP) is 4.95. The highest BCUT2D eigenvalue weighted by Gasteiger charge is 2.44. The van der Waals surface area contributed by atoms with Gasteiger partial charge in [-0.15, -0.1) is 0 Å². The Labute approximate surface area is 186 Å². The molecule has 0 bridgehead atoms. The number of carbonyl (C=O) groups is 3. The molecule has 1 aliphatic carbocycles. The number of benzene rings is 1. The summed E-state index contributed by atoms with van der Waals surface area (Å²) in [6, 6.07) is 8.67. The average Bonchev–Trinajstić information content (AvgIpc) is 2.78. The summed E-state index contributed by atoms with van der Waals surface area (Å²) in [6.07, 6.45) is 10.4. The number of carbonyl (C=O) groups excluding carboxylic acids is 3. The average molecular weight is 432 g/mol. The molecule has 2 rings (SSSR count). The second-order valence-corrected chi connectivity index (χ2v) is 8.50. The van der Waals surface area contributed by atoms with Gasteiger partial charge in [-0.2, -0.15) is 0 Å². The fourth-order valence-corrected chi connectivity index (χ4v) is 3.98. The lowest BCUT2D eigenvalue weighted by Gasteiger charge is -2.34. The van der Waals surface area contributed by atoms with Crippen molar-refractivity contribution in [2.75, 3.05) is 6.61 Å². The van der Waals surface area contributed by atoms with E-state index in [0.29, 0.717) is 18.4 Å². The fraction of sp³-hybridized carbons (Fsp3) is 0.640. The molecule has 1 saturated carbocycles. The van der Waals surface area contributed by atoms with Crippen LogP contribution >= 0.6 is 0 Å². The molecule has 0 aliphatic heterocycles. The monoisotopic (exact) mass is 431 g/mol. The topological polar surface area (TPSA) is 81.7 Å². The summed E-state index contributed by atoms with van der Waals surface area (Å²) in [6.45, 7) is 3.17. The summed E-state index contributed by atoms with van der Waals surface area (Å²) in [7, 11) is 0. The van der Waals surface area contributed by atoms with E-state index in [1.807, 2.05) is 6.07 Å². The maximum absolute atomic E-state index is 13.5. The van der Waals surface area contributed by atoms with E-state index in [9.17, 15) is 14.4 Å². The first-order valence-electron chi connectivity index (χ1n) is 11.7. The van der Waals surface area contributed by atoms with Crippen molar-refractivity contribution in [3.05, 3.63) is 35.9 Å². The molecule has 0 radical (unpaired) electrons. The van der Waals surface area contributed by atoms with E-state index in [2.05, 4.69) is 12.2 Å². The zero-order valence-corrected chi connectivity index (χ0v) is 19.0. The predicted molar refractivity (Wildman–Crippen MR) is 120 cm³/mol. The number of amides is 1. The highest BCUT2D eigenvalue weighted by molar-refractivity contribution is 5.94. The van der Waals surface area contributed by atoms with Crippen LogP contribution in [0.2, 0.25) is 0 Å². The lowest BCUT2D eigenvalue weighted by atomic mass is 9.91. The molecule has 0 spiro atoms. The van der Waals surface area contributed by atoms with Crippen molar-refractivity contribution in [2.45, 2.75) is 96.1 Å². The van der Waals surface area contributed by atoms with Gasteiger partial charge in [0.1, 0.15) is 6.61 Å². The van der Waals surface area contributed by atoms with E-state index >= 15 is 0 Å². The lowest BCUT2D eigenvalue weighted by molar-refractivity contribution is -0.159. The molecule has 1 aromatic carbocycles. The molecule has 172 valence electrons. The van der Waals surface area contributed by atoms with E-state index in [1.54, 1.807) is 24.3 Å². The number of hydrogen-bond donors (Lipinski definition) is 1. The first kappa shape index (κ1) is 24.9. The number of rotatable bonds is 12. The minimum absolute atomic E-state index is 0.0634. The van der Waals surface area contributed by atoms with Crippen LogP contribution in [0.15, 0.2) is 30.3 Å². The molecule has 0 aromatic heterocycles. The van der Waals surface area contributed by atoms with Gasteiger partial charge in [-0.3, -0.25) is 9.59 Å². The quantitative estimate of drug-likeness (QED) is 0.374. The third-order valence-corrected chi connectivity index (χ3v) is 5.84. The number of hydrogen-bond acceptors (Lipinski definition) is 5. The van der Waals surface area contributed by atoms with Crippen LogP contribution in [0.5, 0.6) is 0 Å². The van der Waals surface area contributed by atoms with E-state index in [1.165, 1.54) is 13.3 Å². The molecule has 1 aromatic rings. The van der Waals surface area contributed by atoms with Crippen LogP contribution < -0.4 is 5.32 Å². The molecule has 1 unspecified atom stereocenters. The Morgan fingerprint density at radius 3 is 2.32 bits per heavy atom. The van der Waals surface area contributed by atoms with Gasteiger partial charge in [0.25, 0.3) is 5.91 Å². The number of ether oxygens (including phenoxy) is 2. The number of nitrogens with one attached hydrogen (secondary N) is 1. The smallest absolute Gasteiger partial charge is 0.339 e. The van der Waals surface area contributed by atoms with Crippen LogP contribution in [0.3, 0.4) is 0 Å². The van der Waals surface area contributed by atoms with Crippen molar-refractivity contribution >= 4 is 17.8 Å². The van der Waals surface area contributed by atoms with Gasteiger partial charge in [0.05, 0.1) is 5.56 Å². The van der Waals surface area contributed by atoms with Crippen molar-refractivity contribution in [1.29, 1.82) is 0 Å². The maximum atomic E-state index is 13.5. The lowest BCUT2D eigenvalue weighted by Crippen LogP contribution is -2.56. The summed E-state index contributed by atoms with van der Waals surface area (Å²) < 4.78 is 11.1. The van der Waals surface area contributed by atoms with Crippen molar-refractivity contribution in [3.63, 3.8) is 0 Å². The Balaban J connectivity index is 2.22. The minimum atomic E-state index is -1.53. The third kappa shape index (κ3) is 8.35. The summed E-state index contributed by atoms with van der Waals surface area (Å²) in [5, 5.41) is 3.08. The molecule has 1 N–H and O–H groups in total. The highest BCUT2D eigenvalue weighted by atomic mass is 16.6. The Morgan fingerprint density at radius 1 is 1.00 bits per heavy atom. The summed E-state index contributed by atoms with van der Waals surface area (Å²) >= 11 is 0. The standard InChI is InChI=1S/C25H37NO5/c1-3-4-5-6-13-18-25(19-30-20(2)27,24(29)26-22-16-11-8-12-17-22)31-23(28)21-14-9-7-10-15-21/h7,9-10,14-15,22H,3-6,8,11-13,16-19H2,1-2H3,(H,26,29). The van der Waals surface area contributed by atoms with Crippen molar-refractivity contribution in [2.24, 2.45) is 0 Å². The van der Waals surface area contributed by atoms with Crippen molar-refractivity contribution in [3.8, 4) is 0 Å². The molecular weight excluding hydrogens is 394 g/mol. The van der Waals surface area contributed by atoms with Crippen molar-refractivity contribution < 1.29 is 23.9 Å². The van der Waals surface area contributed by atoms with Crippen LogP contribution in [-0.2, 0) is 19.1 Å². The van der Waals surface area contributed by atoms with Gasteiger partial charge >= 0.3 is 11.9 Å². The van der Waals surface area contributed by atoms with Crippen LogP contribution in [0.4, 0.5) is 0 Å². The Hall–Kier alpha value is -2.37. The minimum Gasteiger partial charge on any atom is -0.461 e. The molecule has 1 fully saturated rings. The van der Waals surface area contributed by atoms with Crippen LogP contribution in [0.1, 0.15) is 94.8 Å². The zero-order valence-electron chi connectivity index (χ0n) is 19.0. The van der Waals surface area contributed by atoms with E-state index in [0.717, 1.165) is 51.4 Å². The van der Waals surface area contributed by atoms with E-state index in [-0.39, 0.29) is 18.6 Å². The SMILES string of the molecule is CCCCCCCC(COC(C)=O)(OC(=O)c1ccccc1)C(=O)NC1CCCCC1. The highest BCUT2D eigenvalue weighted by Crippen LogP contribution is 2.26. The first-order valence-corrected chi connectivity index (χ1v) is 11.7. The van der Waals surface area contributed by atoms with Crippen LogP contribution in [0, 0.1) is 0 Å². The Bertz CT molecular complexity index is 699. The second-order valence-electron chi connectivity index (χ2n) is 8.50. The molecule has 1 atom stereocenters. The fourth-order valence-electron chi connectivity index (χ4n) is 3.98. The van der Waals surface area contributed by atoms with E-state index in [4.69, 9.17) is 9.47 Å². The molecule has 0 saturated heterocycles. The maximum Gasteiger partial charge on any atom is 0.339 e. The van der Waals surface area contributed by atoms with Crippen molar-refractivity contribution in [1.82, 2.24) is 5.32 Å². The molecule has 6 nitrogen and oxygen atoms in total. The molecule has 1 aliphatic rings. The first-order chi connectivity index (χ1) is 15.0. The van der Waals surface area contributed by atoms with Gasteiger partial charge in [0.2, 0.25) is 5.60 Å². The number of esters is 2. The molecule has 0 heterocycles. The van der Waals surface area contributed by atoms with Gasteiger partial charge in [0, 0.05) is 13.0 Å². The van der Waals surface area contributed by atoms with Gasteiger partial charge in [-0.05, 0) is 37.8 Å². The summed E-state index contributed by atoms with van der Waals surface area (Å²) in [4.78, 5) is 37.9. The van der Waals surface area contributed by atoms with E-state index < -0.39 is 17.5 Å². The molecule has 31 heavy (non-hydrogen) atoms. The molecule has 1 amide bonds.